The summed E-state index contributed by atoms with van der Waals surface area (Å²) in [4.78, 5) is 11.0. The molecule has 0 aromatic carbocycles. The molecule has 1 amide bonds. The van der Waals surface area contributed by atoms with E-state index >= 15 is 0 Å². The molecule has 0 aliphatic carbocycles. The molecule has 1 N–H and O–H groups in total. The number of rotatable bonds is 4. The van der Waals surface area contributed by atoms with Crippen molar-refractivity contribution in [2.75, 3.05) is 12.3 Å². The average Bonchev–Trinajstić information content (AvgIpc) is 2.24. The minimum atomic E-state index is -4.43. The highest BCUT2D eigenvalue weighted by Crippen LogP contribution is 2.14. The summed E-state index contributed by atoms with van der Waals surface area (Å²) in [6, 6.07) is 4.60. The van der Waals surface area contributed by atoms with Crippen molar-refractivity contribution in [3.8, 4) is 0 Å². The van der Waals surface area contributed by atoms with Gasteiger partial charge in [-0.2, -0.15) is 17.9 Å². The van der Waals surface area contributed by atoms with Gasteiger partial charge in [-0.05, 0) is 17.8 Å². The summed E-state index contributed by atoms with van der Waals surface area (Å²) in [5.41, 5.74) is 0. The van der Waals surface area contributed by atoms with Crippen LogP contribution >= 0.6 is 11.8 Å². The molecule has 1 aromatic rings. The Bertz CT molecular complexity index is 398. The highest BCUT2D eigenvalue weighted by atomic mass is 32.2. The van der Waals surface area contributed by atoms with Crippen molar-refractivity contribution in [1.29, 1.82) is 0 Å². The van der Waals surface area contributed by atoms with E-state index in [2.05, 4.69) is 0 Å². The van der Waals surface area contributed by atoms with Crippen LogP contribution in [-0.2, 0) is 4.79 Å². The Morgan fingerprint density at radius 1 is 1.47 bits per heavy atom. The summed E-state index contributed by atoms with van der Waals surface area (Å²) >= 11 is 0.877. The largest absolute Gasteiger partial charge is 0.618 e. The van der Waals surface area contributed by atoms with E-state index < -0.39 is 18.6 Å². The van der Waals surface area contributed by atoms with Gasteiger partial charge >= 0.3 is 6.18 Å². The molecule has 0 radical (unpaired) electrons. The van der Waals surface area contributed by atoms with Crippen LogP contribution in [0.2, 0.25) is 0 Å². The van der Waals surface area contributed by atoms with Gasteiger partial charge in [-0.25, -0.2) is 0 Å². The minimum absolute atomic E-state index is 0.234. The summed E-state index contributed by atoms with van der Waals surface area (Å²) in [5.74, 6) is -1.00. The Morgan fingerprint density at radius 2 is 2.18 bits per heavy atom. The van der Waals surface area contributed by atoms with E-state index in [1.807, 2.05) is 0 Å². The molecule has 94 valence electrons. The number of carbonyl (C=O) groups excluding carboxylic acids is 1. The molecule has 0 atom stereocenters. The van der Waals surface area contributed by atoms with Gasteiger partial charge in [0.1, 0.15) is 6.54 Å². The second-order valence-electron chi connectivity index (χ2n) is 3.05. The number of carbonyl (C=O) groups is 1. The molecule has 0 bridgehead atoms. The maximum absolute atomic E-state index is 11.8. The number of hydrogen-bond acceptors (Lipinski definition) is 3. The first-order valence-electron chi connectivity index (χ1n) is 4.53. The van der Waals surface area contributed by atoms with Gasteiger partial charge in [-0.3, -0.25) is 4.79 Å². The first-order valence-corrected chi connectivity index (χ1v) is 5.51. The summed E-state index contributed by atoms with van der Waals surface area (Å²) in [7, 11) is 0. The third kappa shape index (κ3) is 5.43. The van der Waals surface area contributed by atoms with E-state index in [1.165, 1.54) is 18.3 Å². The topological polar surface area (TPSA) is 56.0 Å². The molecule has 1 rings (SSSR count). The second kappa shape index (κ2) is 5.76. The van der Waals surface area contributed by atoms with E-state index in [1.54, 1.807) is 11.4 Å². The fourth-order valence-electron chi connectivity index (χ4n) is 0.914. The van der Waals surface area contributed by atoms with Gasteiger partial charge in [0, 0.05) is 12.1 Å². The summed E-state index contributed by atoms with van der Waals surface area (Å²) in [6.45, 7) is -1.36. The number of pyridine rings is 1. The number of thioether (sulfide) groups is 1. The number of nitrogens with one attached hydrogen (secondary N) is 1. The minimum Gasteiger partial charge on any atom is -0.618 e. The van der Waals surface area contributed by atoms with Crippen LogP contribution in [0.25, 0.3) is 0 Å². The molecule has 0 spiro atoms. The second-order valence-corrected chi connectivity index (χ2v) is 4.04. The number of aromatic nitrogens is 1. The molecule has 17 heavy (non-hydrogen) atoms. The Hall–Kier alpha value is -1.44. The van der Waals surface area contributed by atoms with E-state index in [0.29, 0.717) is 4.73 Å². The number of halogens is 3. The molecule has 1 aromatic heterocycles. The van der Waals surface area contributed by atoms with Gasteiger partial charge < -0.3 is 10.5 Å². The van der Waals surface area contributed by atoms with Crippen LogP contribution in [-0.4, -0.2) is 24.4 Å². The number of amides is 1. The van der Waals surface area contributed by atoms with Crippen LogP contribution in [0.5, 0.6) is 0 Å². The van der Waals surface area contributed by atoms with E-state index in [0.717, 1.165) is 11.8 Å². The smallest absolute Gasteiger partial charge is 0.405 e. The summed E-state index contributed by atoms with van der Waals surface area (Å²) in [5, 5.41) is 13.1. The molecule has 4 nitrogen and oxygen atoms in total. The monoisotopic (exact) mass is 266 g/mol. The molecule has 0 aliphatic rings. The Kier molecular flexibility index (Phi) is 4.62. The number of hydrogen-bond donors (Lipinski definition) is 1. The van der Waals surface area contributed by atoms with Crippen LogP contribution < -0.4 is 10.0 Å². The molecule has 0 aliphatic heterocycles. The average molecular weight is 266 g/mol. The van der Waals surface area contributed by atoms with Gasteiger partial charge in [-0.1, -0.05) is 0 Å². The van der Waals surface area contributed by atoms with E-state index in [4.69, 9.17) is 0 Å². The van der Waals surface area contributed by atoms with Crippen LogP contribution in [0.1, 0.15) is 0 Å². The maximum atomic E-state index is 11.8. The third-order valence-electron chi connectivity index (χ3n) is 1.63. The van der Waals surface area contributed by atoms with Crippen LogP contribution in [0.15, 0.2) is 29.4 Å². The van der Waals surface area contributed by atoms with E-state index in [9.17, 15) is 23.2 Å². The van der Waals surface area contributed by atoms with Gasteiger partial charge in [0.25, 0.3) is 5.03 Å². The van der Waals surface area contributed by atoms with E-state index in [-0.39, 0.29) is 10.8 Å². The molecule has 0 fully saturated rings. The first-order chi connectivity index (χ1) is 7.88. The van der Waals surface area contributed by atoms with Crippen molar-refractivity contribution >= 4 is 17.7 Å². The van der Waals surface area contributed by atoms with Gasteiger partial charge in [0.15, 0.2) is 6.20 Å². The zero-order valence-corrected chi connectivity index (χ0v) is 9.35. The fraction of sp³-hybridized carbons (Fsp3) is 0.333. The lowest BCUT2D eigenvalue weighted by atomic mass is 10.5. The maximum Gasteiger partial charge on any atom is 0.405 e. The van der Waals surface area contributed by atoms with Crippen molar-refractivity contribution in [3.63, 3.8) is 0 Å². The first kappa shape index (κ1) is 13.6. The predicted octanol–water partition coefficient (Wildman–Crippen LogP) is 1.09. The molecule has 8 heteroatoms. The van der Waals surface area contributed by atoms with Crippen molar-refractivity contribution in [2.24, 2.45) is 0 Å². The normalized spacial score (nSPS) is 11.2. The molecular formula is C9H9F3N2O2S. The summed E-state index contributed by atoms with van der Waals surface area (Å²) < 4.78 is 35.8. The standard InChI is InChI=1S/C9H9F3N2O2S/c10-9(11,12)6-13-7(15)5-17-8-3-1-2-4-14(8)16/h1-4H,5-6H2,(H,13,15). The molecular weight excluding hydrogens is 257 g/mol. The number of alkyl halides is 3. The van der Waals surface area contributed by atoms with Crippen LogP contribution in [0.4, 0.5) is 13.2 Å². The van der Waals surface area contributed by atoms with Crippen molar-refractivity contribution in [2.45, 2.75) is 11.2 Å². The van der Waals surface area contributed by atoms with Crippen LogP contribution in [0, 0.1) is 5.21 Å². The molecule has 0 saturated heterocycles. The van der Waals surface area contributed by atoms with Crippen molar-refractivity contribution in [3.05, 3.63) is 29.6 Å². The molecule has 0 saturated carbocycles. The lowest BCUT2D eigenvalue weighted by molar-refractivity contribution is -0.645. The zero-order valence-electron chi connectivity index (χ0n) is 8.53. The summed E-state index contributed by atoms with van der Waals surface area (Å²) in [6.07, 6.45) is -3.18. The van der Waals surface area contributed by atoms with Gasteiger partial charge in [0.05, 0.1) is 5.75 Å². The quantitative estimate of drug-likeness (QED) is 0.504. The lowest BCUT2D eigenvalue weighted by Gasteiger charge is -2.07. The lowest BCUT2D eigenvalue weighted by Crippen LogP contribution is -2.35. The zero-order chi connectivity index (χ0) is 12.9. The highest BCUT2D eigenvalue weighted by molar-refractivity contribution is 7.99. The van der Waals surface area contributed by atoms with Crippen LogP contribution in [0.3, 0.4) is 0 Å². The third-order valence-corrected chi connectivity index (χ3v) is 2.64. The SMILES string of the molecule is O=C(CSc1cccc[n+]1[O-])NCC(F)(F)F. The fourth-order valence-corrected chi connectivity index (χ4v) is 1.66. The highest BCUT2D eigenvalue weighted by Gasteiger charge is 2.27. The Balaban J connectivity index is 2.36. The molecule has 1 heterocycles. The predicted molar refractivity (Wildman–Crippen MR) is 55.2 cm³/mol. The van der Waals surface area contributed by atoms with Crippen molar-refractivity contribution in [1.82, 2.24) is 5.32 Å². The Labute approximate surface area is 99.4 Å². The van der Waals surface area contributed by atoms with Gasteiger partial charge in [-0.15, -0.1) is 0 Å². The van der Waals surface area contributed by atoms with Gasteiger partial charge in [0.2, 0.25) is 5.91 Å². The van der Waals surface area contributed by atoms with Crippen molar-refractivity contribution < 1.29 is 22.7 Å². The number of nitrogens with zero attached hydrogens (tertiary/aromatic N) is 1. The Morgan fingerprint density at radius 3 is 2.76 bits per heavy atom. The molecule has 0 unspecified atom stereocenters.